The predicted molar refractivity (Wildman–Crippen MR) is 63.6 cm³/mol. The molecule has 6 heteroatoms. The van der Waals surface area contributed by atoms with Gasteiger partial charge in [0, 0.05) is 10.6 Å². The van der Waals surface area contributed by atoms with Crippen LogP contribution in [0, 0.1) is 0 Å². The Balaban J connectivity index is 2.01. The SMILES string of the molecule is COC(=O)c1cc(OCc2ccccc2Cl)no1. The van der Waals surface area contributed by atoms with Crippen molar-refractivity contribution in [2.24, 2.45) is 0 Å². The minimum absolute atomic E-state index is 0.00772. The maximum atomic E-state index is 11.1. The Morgan fingerprint density at radius 3 is 2.94 bits per heavy atom. The molecule has 0 aliphatic heterocycles. The fourth-order valence-electron chi connectivity index (χ4n) is 1.29. The van der Waals surface area contributed by atoms with Crippen molar-refractivity contribution in [3.8, 4) is 5.88 Å². The van der Waals surface area contributed by atoms with Crippen LogP contribution in [0.4, 0.5) is 0 Å². The predicted octanol–water partition coefficient (Wildman–Crippen LogP) is 2.69. The lowest BCUT2D eigenvalue weighted by molar-refractivity contribution is 0.0554. The van der Waals surface area contributed by atoms with Gasteiger partial charge in [0.1, 0.15) is 6.61 Å². The Morgan fingerprint density at radius 1 is 1.44 bits per heavy atom. The summed E-state index contributed by atoms with van der Waals surface area (Å²) in [6.45, 7) is 0.243. The number of hydrogen-bond acceptors (Lipinski definition) is 5. The molecule has 0 N–H and O–H groups in total. The third-order valence-corrected chi connectivity index (χ3v) is 2.58. The van der Waals surface area contributed by atoms with Gasteiger partial charge in [-0.2, -0.15) is 0 Å². The molecule has 0 aliphatic rings. The molecule has 0 saturated heterocycles. The Labute approximate surface area is 108 Å². The maximum absolute atomic E-state index is 11.1. The number of nitrogens with zero attached hydrogens (tertiary/aromatic N) is 1. The molecule has 0 saturated carbocycles. The molecule has 0 atom stereocenters. The van der Waals surface area contributed by atoms with Gasteiger partial charge in [0.05, 0.1) is 13.2 Å². The van der Waals surface area contributed by atoms with Gasteiger partial charge in [0.25, 0.3) is 5.88 Å². The zero-order valence-electron chi connectivity index (χ0n) is 9.55. The van der Waals surface area contributed by atoms with Crippen LogP contribution >= 0.6 is 11.6 Å². The van der Waals surface area contributed by atoms with Crippen LogP contribution in [0.5, 0.6) is 5.88 Å². The van der Waals surface area contributed by atoms with Crippen molar-refractivity contribution < 1.29 is 18.8 Å². The molecule has 1 heterocycles. The number of halogens is 1. The summed E-state index contributed by atoms with van der Waals surface area (Å²) in [4.78, 5) is 11.1. The second-order valence-electron chi connectivity index (χ2n) is 3.40. The number of esters is 1. The molecule has 0 unspecified atom stereocenters. The van der Waals surface area contributed by atoms with Gasteiger partial charge in [-0.3, -0.25) is 0 Å². The fourth-order valence-corrected chi connectivity index (χ4v) is 1.48. The van der Waals surface area contributed by atoms with Crippen LogP contribution in [0.1, 0.15) is 16.1 Å². The number of ether oxygens (including phenoxy) is 2. The third-order valence-electron chi connectivity index (χ3n) is 2.21. The first-order valence-electron chi connectivity index (χ1n) is 5.12. The quantitative estimate of drug-likeness (QED) is 0.797. The zero-order chi connectivity index (χ0) is 13.0. The van der Waals surface area contributed by atoms with E-state index in [2.05, 4.69) is 9.89 Å². The first-order chi connectivity index (χ1) is 8.70. The zero-order valence-corrected chi connectivity index (χ0v) is 10.3. The number of benzene rings is 1. The molecule has 94 valence electrons. The summed E-state index contributed by atoms with van der Waals surface area (Å²) < 4.78 is 14.6. The summed E-state index contributed by atoms with van der Waals surface area (Å²) in [6, 6.07) is 8.65. The average Bonchev–Trinajstić information content (AvgIpc) is 2.86. The van der Waals surface area contributed by atoms with E-state index >= 15 is 0 Å². The van der Waals surface area contributed by atoms with Gasteiger partial charge in [-0.1, -0.05) is 29.8 Å². The average molecular weight is 268 g/mol. The van der Waals surface area contributed by atoms with Crippen LogP contribution in [0.3, 0.4) is 0 Å². The standard InChI is InChI=1S/C12H10ClNO4/c1-16-12(15)10-6-11(14-18-10)17-7-8-4-2-3-5-9(8)13/h2-6H,7H2,1H3. The summed E-state index contributed by atoms with van der Waals surface area (Å²) in [7, 11) is 1.26. The van der Waals surface area contributed by atoms with Crippen LogP contribution in [0.25, 0.3) is 0 Å². The number of carbonyl (C=O) groups excluding carboxylic acids is 1. The Kier molecular flexibility index (Phi) is 3.84. The summed E-state index contributed by atoms with van der Waals surface area (Å²) in [5.41, 5.74) is 0.821. The lowest BCUT2D eigenvalue weighted by Crippen LogP contribution is -1.98. The summed E-state index contributed by atoms with van der Waals surface area (Å²) in [5.74, 6) is -0.405. The van der Waals surface area contributed by atoms with Crippen molar-refractivity contribution in [1.29, 1.82) is 0 Å². The van der Waals surface area contributed by atoms with E-state index in [0.29, 0.717) is 5.02 Å². The minimum Gasteiger partial charge on any atom is -0.471 e. The van der Waals surface area contributed by atoms with E-state index in [4.69, 9.17) is 20.9 Å². The van der Waals surface area contributed by atoms with Gasteiger partial charge in [0.2, 0.25) is 5.76 Å². The molecule has 5 nitrogen and oxygen atoms in total. The molecule has 0 amide bonds. The molecule has 1 aromatic heterocycles. The molecule has 0 bridgehead atoms. The first kappa shape index (κ1) is 12.4. The van der Waals surface area contributed by atoms with Gasteiger partial charge in [-0.15, -0.1) is 0 Å². The summed E-state index contributed by atoms with van der Waals surface area (Å²) in [5, 5.41) is 4.19. The highest BCUT2D eigenvalue weighted by Gasteiger charge is 2.14. The van der Waals surface area contributed by atoms with E-state index in [1.165, 1.54) is 13.2 Å². The molecule has 0 spiro atoms. The summed E-state index contributed by atoms with van der Waals surface area (Å²) in [6.07, 6.45) is 0. The van der Waals surface area contributed by atoms with Crippen molar-refractivity contribution >= 4 is 17.6 Å². The van der Waals surface area contributed by atoms with E-state index in [-0.39, 0.29) is 18.2 Å². The van der Waals surface area contributed by atoms with E-state index in [9.17, 15) is 4.79 Å². The first-order valence-corrected chi connectivity index (χ1v) is 5.49. The lowest BCUT2D eigenvalue weighted by atomic mass is 10.2. The second kappa shape index (κ2) is 5.55. The van der Waals surface area contributed by atoms with Crippen molar-refractivity contribution in [3.05, 3.63) is 46.7 Å². The summed E-state index contributed by atoms with van der Waals surface area (Å²) >= 11 is 5.97. The largest absolute Gasteiger partial charge is 0.471 e. The molecule has 0 aliphatic carbocycles. The molecule has 1 aromatic carbocycles. The molecule has 0 radical (unpaired) electrons. The van der Waals surface area contributed by atoms with E-state index in [1.807, 2.05) is 18.2 Å². The van der Waals surface area contributed by atoms with Crippen LogP contribution in [-0.4, -0.2) is 18.2 Å². The van der Waals surface area contributed by atoms with Crippen molar-refractivity contribution in [2.75, 3.05) is 7.11 Å². The molecule has 0 fully saturated rings. The highest BCUT2D eigenvalue weighted by Crippen LogP contribution is 2.18. The fraction of sp³-hybridized carbons (Fsp3) is 0.167. The molecular weight excluding hydrogens is 258 g/mol. The number of rotatable bonds is 4. The third kappa shape index (κ3) is 2.81. The highest BCUT2D eigenvalue weighted by atomic mass is 35.5. The van der Waals surface area contributed by atoms with Gasteiger partial charge >= 0.3 is 5.97 Å². The van der Waals surface area contributed by atoms with E-state index in [1.54, 1.807) is 6.07 Å². The topological polar surface area (TPSA) is 61.6 Å². The van der Waals surface area contributed by atoms with Crippen molar-refractivity contribution in [3.63, 3.8) is 0 Å². The highest BCUT2D eigenvalue weighted by molar-refractivity contribution is 6.31. The second-order valence-corrected chi connectivity index (χ2v) is 3.81. The normalized spacial score (nSPS) is 10.1. The number of hydrogen-bond donors (Lipinski definition) is 0. The minimum atomic E-state index is -0.602. The number of aromatic nitrogens is 1. The maximum Gasteiger partial charge on any atom is 0.377 e. The van der Waals surface area contributed by atoms with Crippen molar-refractivity contribution in [1.82, 2.24) is 5.16 Å². The van der Waals surface area contributed by atoms with Crippen LogP contribution in [0.2, 0.25) is 5.02 Å². The molecule has 2 aromatic rings. The van der Waals surface area contributed by atoms with Gasteiger partial charge in [-0.25, -0.2) is 4.79 Å². The Hall–Kier alpha value is -2.01. The molecule has 2 rings (SSSR count). The van der Waals surface area contributed by atoms with Crippen LogP contribution < -0.4 is 4.74 Å². The smallest absolute Gasteiger partial charge is 0.377 e. The number of methoxy groups -OCH3 is 1. The number of carbonyl (C=O) groups is 1. The van der Waals surface area contributed by atoms with Gasteiger partial charge in [0.15, 0.2) is 0 Å². The monoisotopic (exact) mass is 267 g/mol. The Morgan fingerprint density at radius 2 is 2.22 bits per heavy atom. The van der Waals surface area contributed by atoms with E-state index < -0.39 is 5.97 Å². The van der Waals surface area contributed by atoms with E-state index in [0.717, 1.165) is 5.56 Å². The van der Waals surface area contributed by atoms with Gasteiger partial charge < -0.3 is 14.0 Å². The molecular formula is C12H10ClNO4. The van der Waals surface area contributed by atoms with Crippen LogP contribution in [-0.2, 0) is 11.3 Å². The lowest BCUT2D eigenvalue weighted by Gasteiger charge is -2.03. The Bertz CT molecular complexity index is 553. The van der Waals surface area contributed by atoms with Gasteiger partial charge in [-0.05, 0) is 11.2 Å². The molecule has 18 heavy (non-hydrogen) atoms. The van der Waals surface area contributed by atoms with Crippen LogP contribution in [0.15, 0.2) is 34.9 Å². The van der Waals surface area contributed by atoms with Crippen molar-refractivity contribution in [2.45, 2.75) is 6.61 Å².